The number of aromatic nitrogens is 5. The van der Waals surface area contributed by atoms with Crippen LogP contribution in [0, 0.1) is 6.92 Å². The highest BCUT2D eigenvalue weighted by Gasteiger charge is 2.33. The zero-order chi connectivity index (χ0) is 19.7. The fraction of sp³-hybridized carbons (Fsp3) is 0.316. The number of hydrogen-bond acceptors (Lipinski definition) is 6. The third-order valence-electron chi connectivity index (χ3n) is 4.88. The van der Waals surface area contributed by atoms with Crippen LogP contribution < -0.4 is 10.7 Å². The standard InChI is InChI=1S/C19H21N7O2/c1-11-9-20-26-16(11)12(2)17(27)14(10-21-26)22-19(28)18-23-15(24-25-18)8-13-6-4-3-5-7-13/h3-7,9,12,14,21H,8,10H2,1-2H3,(H,22,28)(H,23,24,25). The molecule has 0 fully saturated rings. The third kappa shape index (κ3) is 3.38. The number of rotatable bonds is 4. The molecule has 9 heteroatoms. The summed E-state index contributed by atoms with van der Waals surface area (Å²) in [4.78, 5) is 31.2. The summed E-state index contributed by atoms with van der Waals surface area (Å²) in [7, 11) is 0. The second-order valence-corrected chi connectivity index (χ2v) is 6.91. The van der Waals surface area contributed by atoms with E-state index >= 15 is 0 Å². The summed E-state index contributed by atoms with van der Waals surface area (Å²) in [5, 5.41) is 13.7. The van der Waals surface area contributed by atoms with E-state index in [0.29, 0.717) is 12.2 Å². The van der Waals surface area contributed by atoms with E-state index in [2.05, 4.69) is 31.0 Å². The minimum Gasteiger partial charge on any atom is -0.338 e. The zero-order valence-corrected chi connectivity index (χ0v) is 15.6. The Morgan fingerprint density at radius 3 is 2.89 bits per heavy atom. The molecule has 3 N–H and O–H groups in total. The molecule has 2 aromatic heterocycles. The van der Waals surface area contributed by atoms with E-state index in [1.54, 1.807) is 11.0 Å². The normalized spacial score (nSPS) is 18.9. The van der Waals surface area contributed by atoms with Gasteiger partial charge in [-0.25, -0.2) is 4.98 Å². The Labute approximate surface area is 161 Å². The summed E-state index contributed by atoms with van der Waals surface area (Å²) in [6.07, 6.45) is 2.26. The van der Waals surface area contributed by atoms with E-state index in [4.69, 9.17) is 0 Å². The third-order valence-corrected chi connectivity index (χ3v) is 4.88. The highest BCUT2D eigenvalue weighted by Crippen LogP contribution is 2.23. The first-order chi connectivity index (χ1) is 13.5. The van der Waals surface area contributed by atoms with Gasteiger partial charge in [-0.1, -0.05) is 30.3 Å². The highest BCUT2D eigenvalue weighted by atomic mass is 16.2. The van der Waals surface area contributed by atoms with E-state index < -0.39 is 11.9 Å². The maximum Gasteiger partial charge on any atom is 0.291 e. The number of carbonyl (C=O) groups excluding carboxylic acids is 2. The Hall–Kier alpha value is -3.49. The fourth-order valence-corrected chi connectivity index (χ4v) is 3.42. The van der Waals surface area contributed by atoms with Crippen LogP contribution >= 0.6 is 0 Å². The number of aryl methyl sites for hydroxylation is 1. The maximum atomic E-state index is 12.8. The molecule has 2 atom stereocenters. The van der Waals surface area contributed by atoms with Gasteiger partial charge in [-0.05, 0) is 25.0 Å². The molecule has 144 valence electrons. The van der Waals surface area contributed by atoms with Crippen LogP contribution in [0.1, 0.15) is 46.1 Å². The van der Waals surface area contributed by atoms with Crippen molar-refractivity contribution in [3.8, 4) is 0 Å². The number of fused-ring (bicyclic) bond motifs is 1. The monoisotopic (exact) mass is 379 g/mol. The van der Waals surface area contributed by atoms with Crippen molar-refractivity contribution in [2.45, 2.75) is 32.2 Å². The molecule has 0 spiro atoms. The fourth-order valence-electron chi connectivity index (χ4n) is 3.42. The molecule has 0 saturated heterocycles. The van der Waals surface area contributed by atoms with Crippen molar-refractivity contribution in [2.24, 2.45) is 0 Å². The number of benzene rings is 1. The predicted molar refractivity (Wildman–Crippen MR) is 101 cm³/mol. The topological polar surface area (TPSA) is 118 Å². The molecular formula is C19H21N7O2. The van der Waals surface area contributed by atoms with E-state index in [-0.39, 0.29) is 24.1 Å². The molecular weight excluding hydrogens is 358 g/mol. The molecule has 1 aromatic carbocycles. The number of ketones is 1. The second-order valence-electron chi connectivity index (χ2n) is 6.91. The summed E-state index contributed by atoms with van der Waals surface area (Å²) in [6.45, 7) is 3.97. The van der Waals surface area contributed by atoms with Crippen LogP contribution in [0.5, 0.6) is 0 Å². The second kappa shape index (κ2) is 7.26. The van der Waals surface area contributed by atoms with Gasteiger partial charge in [0.2, 0.25) is 5.82 Å². The molecule has 0 aliphatic carbocycles. The van der Waals surface area contributed by atoms with E-state index in [1.807, 2.05) is 44.2 Å². The van der Waals surface area contributed by atoms with Crippen molar-refractivity contribution in [2.75, 3.05) is 12.0 Å². The van der Waals surface area contributed by atoms with Crippen molar-refractivity contribution in [1.29, 1.82) is 0 Å². The minimum absolute atomic E-state index is 0.0181. The molecule has 0 saturated carbocycles. The Kier molecular flexibility index (Phi) is 4.64. The van der Waals surface area contributed by atoms with Gasteiger partial charge in [0.25, 0.3) is 5.91 Å². The number of hydrogen-bond donors (Lipinski definition) is 3. The number of carbonyl (C=O) groups is 2. The lowest BCUT2D eigenvalue weighted by molar-refractivity contribution is -0.121. The molecule has 4 rings (SSSR count). The molecule has 1 aliphatic rings. The van der Waals surface area contributed by atoms with Crippen molar-refractivity contribution >= 4 is 11.7 Å². The Bertz CT molecular complexity index is 1010. The number of amides is 1. The van der Waals surface area contributed by atoms with Crippen LogP contribution in [0.3, 0.4) is 0 Å². The minimum atomic E-state index is -0.695. The Balaban J connectivity index is 1.45. The largest absolute Gasteiger partial charge is 0.338 e. The van der Waals surface area contributed by atoms with Crippen LogP contribution in [0.25, 0.3) is 0 Å². The van der Waals surface area contributed by atoms with Gasteiger partial charge in [-0.3, -0.25) is 14.7 Å². The van der Waals surface area contributed by atoms with E-state index in [9.17, 15) is 9.59 Å². The van der Waals surface area contributed by atoms with Gasteiger partial charge in [0.15, 0.2) is 5.78 Å². The van der Waals surface area contributed by atoms with Gasteiger partial charge >= 0.3 is 0 Å². The van der Waals surface area contributed by atoms with Crippen LogP contribution in [-0.2, 0) is 11.2 Å². The molecule has 0 radical (unpaired) electrons. The lowest BCUT2D eigenvalue weighted by Gasteiger charge is -2.16. The van der Waals surface area contributed by atoms with Crippen LogP contribution in [0.4, 0.5) is 0 Å². The van der Waals surface area contributed by atoms with Crippen molar-refractivity contribution in [3.05, 3.63) is 65.0 Å². The quantitative estimate of drug-likeness (QED) is 0.621. The SMILES string of the molecule is Cc1cnn2c1C(C)C(=O)C(NC(=O)c1n[nH]c(Cc3ccccc3)n1)CN2. The summed E-state index contributed by atoms with van der Waals surface area (Å²) < 4.78 is 0. The zero-order valence-electron chi connectivity index (χ0n) is 15.6. The average Bonchev–Trinajstić information content (AvgIpc) is 3.28. The van der Waals surface area contributed by atoms with Crippen molar-refractivity contribution < 1.29 is 9.59 Å². The number of Topliss-reactive ketones (excluding diaryl/α,β-unsaturated/α-hetero) is 1. The molecule has 9 nitrogen and oxygen atoms in total. The number of nitrogens with one attached hydrogen (secondary N) is 3. The molecule has 3 heterocycles. The highest BCUT2D eigenvalue weighted by molar-refractivity contribution is 5.97. The van der Waals surface area contributed by atoms with Crippen LogP contribution in [0.15, 0.2) is 36.5 Å². The van der Waals surface area contributed by atoms with Gasteiger partial charge in [0, 0.05) is 6.42 Å². The number of aromatic amines is 1. The van der Waals surface area contributed by atoms with Gasteiger partial charge in [0.05, 0.1) is 24.4 Å². The van der Waals surface area contributed by atoms with Crippen LogP contribution in [-0.4, -0.2) is 49.3 Å². The van der Waals surface area contributed by atoms with Gasteiger partial charge < -0.3 is 10.7 Å². The molecule has 1 aliphatic heterocycles. The van der Waals surface area contributed by atoms with E-state index in [0.717, 1.165) is 16.8 Å². The lowest BCUT2D eigenvalue weighted by atomic mass is 9.95. The van der Waals surface area contributed by atoms with Crippen molar-refractivity contribution in [1.82, 2.24) is 30.4 Å². The summed E-state index contributed by atoms with van der Waals surface area (Å²) >= 11 is 0. The smallest absolute Gasteiger partial charge is 0.291 e. The molecule has 28 heavy (non-hydrogen) atoms. The van der Waals surface area contributed by atoms with Gasteiger partial charge in [-0.2, -0.15) is 9.89 Å². The molecule has 0 bridgehead atoms. The average molecular weight is 379 g/mol. The lowest BCUT2D eigenvalue weighted by Crippen LogP contribution is -2.46. The summed E-state index contributed by atoms with van der Waals surface area (Å²) in [5.74, 6) is -0.346. The van der Waals surface area contributed by atoms with Gasteiger partial charge in [-0.15, -0.1) is 5.10 Å². The first-order valence-electron chi connectivity index (χ1n) is 9.11. The first kappa shape index (κ1) is 17.9. The molecule has 3 aromatic rings. The first-order valence-corrected chi connectivity index (χ1v) is 9.11. The maximum absolute atomic E-state index is 12.8. The number of H-pyrrole nitrogens is 1. The van der Waals surface area contributed by atoms with Crippen molar-refractivity contribution in [3.63, 3.8) is 0 Å². The predicted octanol–water partition coefficient (Wildman–Crippen LogP) is 0.929. The van der Waals surface area contributed by atoms with Crippen LogP contribution in [0.2, 0.25) is 0 Å². The van der Waals surface area contributed by atoms with Gasteiger partial charge in [0.1, 0.15) is 11.9 Å². The van der Waals surface area contributed by atoms with E-state index in [1.165, 1.54) is 0 Å². The number of nitrogens with zero attached hydrogens (tertiary/aromatic N) is 4. The molecule has 2 unspecified atom stereocenters. The Morgan fingerprint density at radius 1 is 1.32 bits per heavy atom. The molecule has 1 amide bonds. The Morgan fingerprint density at radius 2 is 2.11 bits per heavy atom. The summed E-state index contributed by atoms with van der Waals surface area (Å²) in [5.41, 5.74) is 5.88. The summed E-state index contributed by atoms with van der Waals surface area (Å²) in [6, 6.07) is 9.08.